The second-order valence-electron chi connectivity index (χ2n) is 6.77. The lowest BCUT2D eigenvalue weighted by atomic mass is 10.1. The molecule has 1 saturated heterocycles. The lowest BCUT2D eigenvalue weighted by molar-refractivity contribution is -0.133. The van der Waals surface area contributed by atoms with Gasteiger partial charge in [0.1, 0.15) is 10.7 Å². The highest BCUT2D eigenvalue weighted by Crippen LogP contribution is 2.40. The zero-order valence-corrected chi connectivity index (χ0v) is 14.9. The molecule has 1 aliphatic heterocycles. The van der Waals surface area contributed by atoms with Crippen molar-refractivity contribution in [3.8, 4) is 0 Å². The minimum atomic E-state index is -0.0731. The van der Waals surface area contributed by atoms with E-state index < -0.39 is 0 Å². The molecule has 24 heavy (non-hydrogen) atoms. The molecule has 0 radical (unpaired) electrons. The third-order valence-corrected chi connectivity index (χ3v) is 5.98. The Morgan fingerprint density at radius 1 is 1.21 bits per heavy atom. The molecular formula is C17H20N4O2S. The molecule has 2 aliphatic rings. The molecule has 0 spiro atoms. The summed E-state index contributed by atoms with van der Waals surface area (Å²) in [6, 6.07) is 0.0419. The number of likely N-dealkylation sites (tertiary alicyclic amines) is 1. The van der Waals surface area contributed by atoms with Crippen molar-refractivity contribution in [1.29, 1.82) is 0 Å². The number of hydrogen-bond donors (Lipinski definition) is 1. The van der Waals surface area contributed by atoms with Gasteiger partial charge < -0.3 is 10.2 Å². The maximum Gasteiger partial charge on any atom is 0.262 e. The first-order chi connectivity index (χ1) is 11.4. The molecule has 6 nitrogen and oxygen atoms in total. The fraction of sp³-hybridized carbons (Fsp3) is 0.529. The summed E-state index contributed by atoms with van der Waals surface area (Å²) in [4.78, 5) is 36.5. The van der Waals surface area contributed by atoms with E-state index in [0.29, 0.717) is 23.9 Å². The van der Waals surface area contributed by atoms with E-state index in [1.54, 1.807) is 11.8 Å². The van der Waals surface area contributed by atoms with E-state index in [2.05, 4.69) is 15.3 Å². The first-order valence-electron chi connectivity index (χ1n) is 8.28. The van der Waals surface area contributed by atoms with Gasteiger partial charge in [-0.2, -0.15) is 0 Å². The Bertz CT molecular complexity index is 850. The van der Waals surface area contributed by atoms with E-state index in [0.717, 1.165) is 40.1 Å². The van der Waals surface area contributed by atoms with Crippen molar-refractivity contribution in [2.75, 3.05) is 13.1 Å². The number of aryl methyl sites for hydroxylation is 2. The van der Waals surface area contributed by atoms with Gasteiger partial charge in [0.15, 0.2) is 0 Å². The molecular weight excluding hydrogens is 324 g/mol. The fourth-order valence-electron chi connectivity index (χ4n) is 3.18. The van der Waals surface area contributed by atoms with E-state index in [4.69, 9.17) is 0 Å². The number of rotatable bonds is 3. The van der Waals surface area contributed by atoms with Gasteiger partial charge in [-0.1, -0.05) is 0 Å². The summed E-state index contributed by atoms with van der Waals surface area (Å²) in [6.07, 6.45) is 2.33. The highest BCUT2D eigenvalue weighted by atomic mass is 32.1. The highest BCUT2D eigenvalue weighted by molar-refractivity contribution is 7.20. The molecule has 0 bridgehead atoms. The molecule has 2 fully saturated rings. The van der Waals surface area contributed by atoms with Crippen LogP contribution in [-0.2, 0) is 4.79 Å². The van der Waals surface area contributed by atoms with Crippen molar-refractivity contribution in [3.05, 3.63) is 22.0 Å². The van der Waals surface area contributed by atoms with Gasteiger partial charge in [-0.05, 0) is 32.3 Å². The average Bonchev–Trinajstić information content (AvgIpc) is 3.26. The van der Waals surface area contributed by atoms with Crippen molar-refractivity contribution < 1.29 is 9.59 Å². The van der Waals surface area contributed by atoms with Gasteiger partial charge in [0.25, 0.3) is 5.91 Å². The normalized spacial score (nSPS) is 17.9. The van der Waals surface area contributed by atoms with Crippen LogP contribution in [0.3, 0.4) is 0 Å². The molecule has 126 valence electrons. The Morgan fingerprint density at radius 3 is 2.54 bits per heavy atom. The predicted octanol–water partition coefficient (Wildman–Crippen LogP) is 2.15. The molecule has 0 unspecified atom stereocenters. The molecule has 2 amide bonds. The summed E-state index contributed by atoms with van der Waals surface area (Å²) in [5, 5.41) is 4.03. The van der Waals surface area contributed by atoms with Gasteiger partial charge in [0.2, 0.25) is 5.91 Å². The fourth-order valence-corrected chi connectivity index (χ4v) is 4.32. The van der Waals surface area contributed by atoms with Crippen LogP contribution in [0.2, 0.25) is 0 Å². The molecule has 0 atom stereocenters. The summed E-state index contributed by atoms with van der Waals surface area (Å²) >= 11 is 1.45. The first-order valence-corrected chi connectivity index (χ1v) is 9.09. The molecule has 2 aromatic rings. The van der Waals surface area contributed by atoms with E-state index >= 15 is 0 Å². The van der Waals surface area contributed by atoms with Crippen molar-refractivity contribution in [3.63, 3.8) is 0 Å². The SMILES string of the molecule is CC(=O)N1CC(NC(=O)c2sc3nc(C4CC4)nc(C)c3c2C)C1. The van der Waals surface area contributed by atoms with Crippen LogP contribution in [0.1, 0.15) is 52.4 Å². The van der Waals surface area contributed by atoms with Gasteiger partial charge in [-0.25, -0.2) is 9.97 Å². The average molecular weight is 344 g/mol. The van der Waals surface area contributed by atoms with E-state index in [-0.39, 0.29) is 17.9 Å². The number of carbonyl (C=O) groups excluding carboxylic acids is 2. The lowest BCUT2D eigenvalue weighted by Crippen LogP contribution is -2.60. The van der Waals surface area contributed by atoms with Crippen LogP contribution >= 0.6 is 11.3 Å². The molecule has 0 aromatic carbocycles. The van der Waals surface area contributed by atoms with Gasteiger partial charge in [-0.3, -0.25) is 9.59 Å². The van der Waals surface area contributed by atoms with Crippen LogP contribution < -0.4 is 5.32 Å². The van der Waals surface area contributed by atoms with Crippen LogP contribution in [0.5, 0.6) is 0 Å². The maximum atomic E-state index is 12.6. The zero-order chi connectivity index (χ0) is 17.0. The minimum absolute atomic E-state index is 0.0419. The number of thiophene rings is 1. The lowest BCUT2D eigenvalue weighted by Gasteiger charge is -2.38. The van der Waals surface area contributed by atoms with Crippen LogP contribution in [0.4, 0.5) is 0 Å². The van der Waals surface area contributed by atoms with Crippen LogP contribution in [0, 0.1) is 13.8 Å². The molecule has 4 rings (SSSR count). The number of nitrogens with one attached hydrogen (secondary N) is 1. The molecule has 3 heterocycles. The standard InChI is InChI=1S/C17H20N4O2S/c1-8-13-9(2)18-15(11-4-5-11)20-17(13)24-14(8)16(23)19-12-6-21(7-12)10(3)22/h11-12H,4-7H2,1-3H3,(H,19,23). The van der Waals surface area contributed by atoms with Gasteiger partial charge >= 0.3 is 0 Å². The number of hydrogen-bond acceptors (Lipinski definition) is 5. The summed E-state index contributed by atoms with van der Waals surface area (Å²) in [7, 11) is 0. The Balaban J connectivity index is 1.57. The number of nitrogens with zero attached hydrogens (tertiary/aromatic N) is 3. The Hall–Kier alpha value is -2.02. The first kappa shape index (κ1) is 15.5. The van der Waals surface area contributed by atoms with Crippen molar-refractivity contribution >= 4 is 33.4 Å². The molecule has 2 aromatic heterocycles. The Labute approximate surface area is 144 Å². The van der Waals surface area contributed by atoms with E-state index in [1.807, 2.05) is 13.8 Å². The zero-order valence-electron chi connectivity index (χ0n) is 14.0. The molecule has 7 heteroatoms. The summed E-state index contributed by atoms with van der Waals surface area (Å²) in [5.41, 5.74) is 1.91. The third kappa shape index (κ3) is 2.56. The third-order valence-electron chi connectivity index (χ3n) is 4.80. The van der Waals surface area contributed by atoms with Crippen LogP contribution in [-0.4, -0.2) is 45.8 Å². The Kier molecular flexibility index (Phi) is 3.56. The van der Waals surface area contributed by atoms with Gasteiger partial charge in [0, 0.05) is 31.3 Å². The number of carbonyl (C=O) groups is 2. The van der Waals surface area contributed by atoms with Gasteiger partial charge in [0.05, 0.1) is 16.6 Å². The summed E-state index contributed by atoms with van der Waals surface area (Å²) in [5.74, 6) is 1.40. The van der Waals surface area contributed by atoms with Gasteiger partial charge in [-0.15, -0.1) is 11.3 Å². The maximum absolute atomic E-state index is 12.6. The van der Waals surface area contributed by atoms with E-state index in [9.17, 15) is 9.59 Å². The second-order valence-corrected chi connectivity index (χ2v) is 7.77. The van der Waals surface area contributed by atoms with Crippen LogP contribution in [0.15, 0.2) is 0 Å². The van der Waals surface area contributed by atoms with Crippen molar-refractivity contribution in [2.45, 2.75) is 45.6 Å². The predicted molar refractivity (Wildman–Crippen MR) is 92.4 cm³/mol. The number of fused-ring (bicyclic) bond motifs is 1. The number of amides is 2. The molecule has 1 aliphatic carbocycles. The van der Waals surface area contributed by atoms with Crippen molar-refractivity contribution in [2.24, 2.45) is 0 Å². The summed E-state index contributed by atoms with van der Waals surface area (Å²) < 4.78 is 0. The highest BCUT2D eigenvalue weighted by Gasteiger charge is 2.32. The second kappa shape index (κ2) is 5.51. The Morgan fingerprint density at radius 2 is 1.92 bits per heavy atom. The largest absolute Gasteiger partial charge is 0.345 e. The van der Waals surface area contributed by atoms with Crippen LogP contribution in [0.25, 0.3) is 10.2 Å². The number of aromatic nitrogens is 2. The minimum Gasteiger partial charge on any atom is -0.345 e. The van der Waals surface area contributed by atoms with E-state index in [1.165, 1.54) is 11.3 Å². The molecule has 1 saturated carbocycles. The topological polar surface area (TPSA) is 75.2 Å². The monoisotopic (exact) mass is 344 g/mol. The quantitative estimate of drug-likeness (QED) is 0.926. The summed E-state index contributed by atoms with van der Waals surface area (Å²) in [6.45, 7) is 6.69. The molecule has 1 N–H and O–H groups in total. The smallest absolute Gasteiger partial charge is 0.262 e. The van der Waals surface area contributed by atoms with Crippen molar-refractivity contribution in [1.82, 2.24) is 20.2 Å².